The summed E-state index contributed by atoms with van der Waals surface area (Å²) >= 11 is 0. The van der Waals surface area contributed by atoms with Crippen molar-refractivity contribution in [3.05, 3.63) is 88.2 Å². The topological polar surface area (TPSA) is 49.0 Å². The molecule has 0 radical (unpaired) electrons. The molecule has 1 saturated heterocycles. The van der Waals surface area contributed by atoms with Gasteiger partial charge in [-0.1, -0.05) is 47.5 Å². The van der Waals surface area contributed by atoms with Crippen LogP contribution in [0.25, 0.3) is 22.2 Å². The van der Waals surface area contributed by atoms with E-state index in [0.29, 0.717) is 0 Å². The minimum absolute atomic E-state index is 0.0714. The number of carbonyl (C=O) groups excluding carboxylic acids is 1. The molecule has 0 aliphatic carbocycles. The lowest BCUT2D eigenvalue weighted by Crippen LogP contribution is -2.43. The van der Waals surface area contributed by atoms with E-state index < -0.39 is 5.54 Å². The van der Waals surface area contributed by atoms with Gasteiger partial charge in [-0.25, -0.2) is 4.98 Å². The Morgan fingerprint density at radius 3 is 2.39 bits per heavy atom. The third-order valence-electron chi connectivity index (χ3n) is 7.26. The van der Waals surface area contributed by atoms with Gasteiger partial charge in [0.15, 0.2) is 0 Å². The fourth-order valence-corrected chi connectivity index (χ4v) is 5.02. The lowest BCUT2D eigenvalue weighted by atomic mass is 9.93. The average Bonchev–Trinajstić information content (AvgIpc) is 3.38. The fourth-order valence-electron chi connectivity index (χ4n) is 5.02. The number of aromatic nitrogens is 2. The van der Waals surface area contributed by atoms with Crippen molar-refractivity contribution in [2.24, 2.45) is 0 Å². The number of hydrogen-bond donors (Lipinski definition) is 1. The normalized spacial score (nSPS) is 18.3. The molecule has 33 heavy (non-hydrogen) atoms. The lowest BCUT2D eigenvalue weighted by Gasteiger charge is -2.34. The van der Waals surface area contributed by atoms with Crippen LogP contribution in [-0.2, 0) is 5.54 Å². The predicted molar refractivity (Wildman–Crippen MR) is 135 cm³/mol. The molecule has 4 aromatic rings. The van der Waals surface area contributed by atoms with E-state index >= 15 is 0 Å². The second-order valence-corrected chi connectivity index (χ2v) is 9.79. The molecule has 168 valence electrons. The van der Waals surface area contributed by atoms with Gasteiger partial charge in [-0.15, -0.1) is 0 Å². The van der Waals surface area contributed by atoms with Gasteiger partial charge >= 0.3 is 0 Å². The summed E-state index contributed by atoms with van der Waals surface area (Å²) in [6, 6.07) is 18.9. The number of nitrogens with zero attached hydrogens (tertiary/aromatic N) is 2. The molecule has 4 nitrogen and oxygen atoms in total. The van der Waals surface area contributed by atoms with E-state index in [2.05, 4.69) is 81.2 Å². The monoisotopic (exact) mass is 437 g/mol. The van der Waals surface area contributed by atoms with Gasteiger partial charge in [-0.05, 0) is 87.9 Å². The first kappa shape index (κ1) is 21.4. The van der Waals surface area contributed by atoms with Crippen molar-refractivity contribution in [1.82, 2.24) is 14.9 Å². The van der Waals surface area contributed by atoms with Crippen molar-refractivity contribution < 1.29 is 4.79 Å². The summed E-state index contributed by atoms with van der Waals surface area (Å²) in [7, 11) is 0. The molecule has 5 rings (SSSR count). The zero-order valence-corrected chi connectivity index (χ0v) is 20.1. The van der Waals surface area contributed by atoms with Crippen LogP contribution in [0.15, 0.2) is 54.6 Å². The summed E-state index contributed by atoms with van der Waals surface area (Å²) in [5, 5.41) is 0. The number of benzene rings is 3. The highest BCUT2D eigenvalue weighted by Crippen LogP contribution is 2.40. The van der Waals surface area contributed by atoms with Crippen LogP contribution >= 0.6 is 0 Å². The van der Waals surface area contributed by atoms with Crippen LogP contribution in [0.3, 0.4) is 0 Å². The number of fused-ring (bicyclic) bond motifs is 1. The summed E-state index contributed by atoms with van der Waals surface area (Å²) in [4.78, 5) is 24.6. The molecule has 1 fully saturated rings. The quantitative estimate of drug-likeness (QED) is 0.392. The van der Waals surface area contributed by atoms with Gasteiger partial charge in [-0.2, -0.15) is 0 Å². The molecule has 1 unspecified atom stereocenters. The highest BCUT2D eigenvalue weighted by Gasteiger charge is 2.44. The first-order valence-corrected chi connectivity index (χ1v) is 11.7. The first-order chi connectivity index (χ1) is 15.8. The van der Waals surface area contributed by atoms with E-state index in [0.717, 1.165) is 58.5 Å². The predicted octanol–water partition coefficient (Wildman–Crippen LogP) is 6.61. The zero-order valence-electron chi connectivity index (χ0n) is 20.1. The maximum absolute atomic E-state index is 14.1. The van der Waals surface area contributed by atoms with Crippen LogP contribution in [0.5, 0.6) is 0 Å². The van der Waals surface area contributed by atoms with Gasteiger partial charge in [0.25, 0.3) is 5.91 Å². The molecular weight excluding hydrogens is 406 g/mol. The number of likely N-dealkylation sites (tertiary alicyclic amines) is 1. The van der Waals surface area contributed by atoms with Crippen molar-refractivity contribution in [1.29, 1.82) is 0 Å². The molecule has 1 aliphatic heterocycles. The van der Waals surface area contributed by atoms with Gasteiger partial charge in [0.2, 0.25) is 0 Å². The Hall–Kier alpha value is -3.40. The molecule has 0 bridgehead atoms. The van der Waals surface area contributed by atoms with Crippen molar-refractivity contribution in [3.8, 4) is 11.1 Å². The number of hydrogen-bond acceptors (Lipinski definition) is 2. The Balaban J connectivity index is 1.58. The number of nitrogens with one attached hydrogen (secondary N) is 1. The number of imidazole rings is 1. The van der Waals surface area contributed by atoms with Crippen LogP contribution in [-0.4, -0.2) is 27.3 Å². The van der Waals surface area contributed by atoms with E-state index in [-0.39, 0.29) is 5.91 Å². The minimum Gasteiger partial charge on any atom is -0.340 e. The standard InChI is InChI=1S/C29H31N3O/c1-18-7-10-22(11-8-18)23-12-9-19(2)15-24(23)27(33)32-14-6-13-29(32,5)28-30-25-16-20(3)21(4)17-26(25)31-28/h7-12,15-17H,6,13-14H2,1-5H3,(H,30,31). The Morgan fingerprint density at radius 2 is 1.64 bits per heavy atom. The van der Waals surface area contributed by atoms with Gasteiger partial charge < -0.3 is 9.88 Å². The number of amides is 1. The SMILES string of the molecule is Cc1ccc(-c2ccc(C)cc2C(=O)N2CCCC2(C)c2nc3cc(C)c(C)cc3[nH]2)cc1. The summed E-state index contributed by atoms with van der Waals surface area (Å²) in [5.74, 6) is 0.944. The Morgan fingerprint density at radius 1 is 0.939 bits per heavy atom. The van der Waals surface area contributed by atoms with Crippen LogP contribution in [0.1, 0.15) is 58.2 Å². The average molecular weight is 438 g/mol. The molecule has 2 heterocycles. The van der Waals surface area contributed by atoms with Crippen LogP contribution in [0.2, 0.25) is 0 Å². The number of aryl methyl sites for hydroxylation is 4. The smallest absolute Gasteiger partial charge is 0.255 e. The molecule has 1 aromatic heterocycles. The van der Waals surface area contributed by atoms with Crippen LogP contribution < -0.4 is 0 Å². The van der Waals surface area contributed by atoms with Crippen molar-refractivity contribution in [2.45, 2.75) is 53.0 Å². The van der Waals surface area contributed by atoms with Crippen LogP contribution in [0.4, 0.5) is 0 Å². The molecule has 1 amide bonds. The summed E-state index contributed by atoms with van der Waals surface area (Å²) in [6.45, 7) is 11.2. The van der Waals surface area contributed by atoms with Crippen molar-refractivity contribution in [2.75, 3.05) is 6.54 Å². The molecule has 4 heteroatoms. The number of H-pyrrole nitrogens is 1. The second kappa shape index (κ2) is 7.87. The maximum Gasteiger partial charge on any atom is 0.255 e. The van der Waals surface area contributed by atoms with Gasteiger partial charge in [0.05, 0.1) is 16.6 Å². The molecule has 0 spiro atoms. The van der Waals surface area contributed by atoms with Crippen molar-refractivity contribution in [3.63, 3.8) is 0 Å². The summed E-state index contributed by atoms with van der Waals surface area (Å²) in [5.41, 5.74) is 9.11. The van der Waals surface area contributed by atoms with Gasteiger partial charge in [-0.3, -0.25) is 4.79 Å². The van der Waals surface area contributed by atoms with E-state index in [4.69, 9.17) is 4.98 Å². The van der Waals surface area contributed by atoms with E-state index in [1.165, 1.54) is 16.7 Å². The minimum atomic E-state index is -0.466. The lowest BCUT2D eigenvalue weighted by molar-refractivity contribution is 0.0606. The molecule has 3 aromatic carbocycles. The molecule has 1 N–H and O–H groups in total. The maximum atomic E-state index is 14.1. The molecule has 1 aliphatic rings. The number of rotatable bonds is 3. The third kappa shape index (κ3) is 3.64. The van der Waals surface area contributed by atoms with Crippen LogP contribution in [0, 0.1) is 27.7 Å². The Kier molecular flexibility index (Phi) is 5.12. The molecular formula is C29H31N3O. The molecule has 0 saturated carbocycles. The Bertz CT molecular complexity index is 1330. The highest BCUT2D eigenvalue weighted by atomic mass is 16.2. The summed E-state index contributed by atoms with van der Waals surface area (Å²) < 4.78 is 0. The zero-order chi connectivity index (χ0) is 23.3. The number of carbonyl (C=O) groups is 1. The first-order valence-electron chi connectivity index (χ1n) is 11.7. The Labute approximate surface area is 195 Å². The molecule has 1 atom stereocenters. The summed E-state index contributed by atoms with van der Waals surface area (Å²) in [6.07, 6.45) is 1.85. The second-order valence-electron chi connectivity index (χ2n) is 9.79. The highest BCUT2D eigenvalue weighted by molar-refractivity contribution is 6.01. The number of aromatic amines is 1. The van der Waals surface area contributed by atoms with Crippen molar-refractivity contribution >= 4 is 16.9 Å². The van der Waals surface area contributed by atoms with E-state index in [9.17, 15) is 4.79 Å². The van der Waals surface area contributed by atoms with E-state index in [1.807, 2.05) is 17.9 Å². The van der Waals surface area contributed by atoms with Gasteiger partial charge in [0.1, 0.15) is 5.82 Å². The largest absolute Gasteiger partial charge is 0.340 e. The van der Waals surface area contributed by atoms with E-state index in [1.54, 1.807) is 0 Å². The fraction of sp³-hybridized carbons (Fsp3) is 0.310. The third-order valence-corrected chi connectivity index (χ3v) is 7.26. The van der Waals surface area contributed by atoms with Gasteiger partial charge in [0, 0.05) is 12.1 Å².